The summed E-state index contributed by atoms with van der Waals surface area (Å²) < 4.78 is 52.4. The van der Waals surface area contributed by atoms with Gasteiger partial charge in [-0.1, -0.05) is 18.2 Å². The lowest BCUT2D eigenvalue weighted by Gasteiger charge is -2.16. The maximum atomic E-state index is 13.2. The van der Waals surface area contributed by atoms with Crippen LogP contribution in [0.2, 0.25) is 0 Å². The summed E-state index contributed by atoms with van der Waals surface area (Å²) in [6.45, 7) is 0.118. The standard InChI is InChI=1S/C19H20F4N4O.HI/c1-24-17(28)13-5-3-4-12(8-13)10-26-18(25-2)27-11-14-6-7-15(20)9-16(14)19(21,22)23;/h3-9H,10-11H2,1-2H3,(H,24,28)(H2,25,26,27);1H. The second-order valence-corrected chi connectivity index (χ2v) is 5.86. The van der Waals surface area contributed by atoms with Gasteiger partial charge in [-0.05, 0) is 35.4 Å². The van der Waals surface area contributed by atoms with Crippen molar-refractivity contribution in [3.8, 4) is 0 Å². The van der Waals surface area contributed by atoms with Crippen LogP contribution < -0.4 is 16.0 Å². The molecule has 0 fully saturated rings. The van der Waals surface area contributed by atoms with E-state index in [0.717, 1.165) is 17.7 Å². The minimum atomic E-state index is -4.66. The summed E-state index contributed by atoms with van der Waals surface area (Å²) >= 11 is 0. The van der Waals surface area contributed by atoms with Gasteiger partial charge in [0.15, 0.2) is 5.96 Å². The smallest absolute Gasteiger partial charge is 0.355 e. The summed E-state index contributed by atoms with van der Waals surface area (Å²) in [5.41, 5.74) is 0.153. The fourth-order valence-corrected chi connectivity index (χ4v) is 2.52. The Morgan fingerprint density at radius 3 is 2.38 bits per heavy atom. The summed E-state index contributed by atoms with van der Waals surface area (Å²) in [6, 6.07) is 9.43. The summed E-state index contributed by atoms with van der Waals surface area (Å²) in [5.74, 6) is -0.905. The van der Waals surface area contributed by atoms with E-state index in [-0.39, 0.29) is 48.0 Å². The third-order valence-electron chi connectivity index (χ3n) is 3.92. The number of benzene rings is 2. The van der Waals surface area contributed by atoms with Crippen molar-refractivity contribution in [1.29, 1.82) is 0 Å². The number of rotatable bonds is 5. The van der Waals surface area contributed by atoms with Gasteiger partial charge < -0.3 is 16.0 Å². The number of aliphatic imine (C=N–C) groups is 1. The summed E-state index contributed by atoms with van der Waals surface area (Å²) in [4.78, 5) is 15.6. The van der Waals surface area contributed by atoms with Crippen LogP contribution in [0, 0.1) is 5.82 Å². The first kappa shape index (κ1) is 24.7. The predicted octanol–water partition coefficient (Wildman–Crippen LogP) is 3.69. The van der Waals surface area contributed by atoms with E-state index >= 15 is 0 Å². The van der Waals surface area contributed by atoms with Crippen LogP contribution in [0.4, 0.5) is 17.6 Å². The molecule has 10 heteroatoms. The Hall–Kier alpha value is -2.37. The predicted molar refractivity (Wildman–Crippen MR) is 114 cm³/mol. The highest BCUT2D eigenvalue weighted by Crippen LogP contribution is 2.32. The molecular formula is C19H21F4IN4O. The van der Waals surface area contributed by atoms with Crippen molar-refractivity contribution in [1.82, 2.24) is 16.0 Å². The van der Waals surface area contributed by atoms with Crippen LogP contribution in [0.5, 0.6) is 0 Å². The van der Waals surface area contributed by atoms with E-state index in [9.17, 15) is 22.4 Å². The normalized spacial score (nSPS) is 11.4. The van der Waals surface area contributed by atoms with Crippen LogP contribution >= 0.6 is 24.0 Å². The Morgan fingerprint density at radius 2 is 1.76 bits per heavy atom. The SMILES string of the molecule is CN=C(NCc1cccc(C(=O)NC)c1)NCc1ccc(F)cc1C(F)(F)F.I. The Balaban J connectivity index is 0.00000420. The zero-order valence-corrected chi connectivity index (χ0v) is 18.1. The molecule has 1 amide bonds. The molecule has 0 heterocycles. The number of guanidine groups is 1. The molecule has 0 saturated heterocycles. The number of nitrogens with one attached hydrogen (secondary N) is 3. The van der Waals surface area contributed by atoms with Crippen LogP contribution in [-0.4, -0.2) is 26.0 Å². The Bertz CT molecular complexity index is 872. The van der Waals surface area contributed by atoms with Gasteiger partial charge >= 0.3 is 6.18 Å². The zero-order chi connectivity index (χ0) is 20.7. The number of carbonyl (C=O) groups excluding carboxylic acids is 1. The first-order valence-electron chi connectivity index (χ1n) is 8.35. The molecule has 0 aliphatic rings. The van der Waals surface area contributed by atoms with Crippen molar-refractivity contribution < 1.29 is 22.4 Å². The van der Waals surface area contributed by atoms with Crippen molar-refractivity contribution in [2.75, 3.05) is 14.1 Å². The number of amides is 1. The molecule has 158 valence electrons. The Kier molecular flexibility index (Phi) is 9.34. The van der Waals surface area contributed by atoms with E-state index in [2.05, 4.69) is 20.9 Å². The molecule has 2 aromatic carbocycles. The van der Waals surface area contributed by atoms with Crippen molar-refractivity contribution >= 4 is 35.8 Å². The first-order chi connectivity index (χ1) is 13.2. The Morgan fingerprint density at radius 1 is 1.07 bits per heavy atom. The third-order valence-corrected chi connectivity index (χ3v) is 3.92. The highest BCUT2D eigenvalue weighted by Gasteiger charge is 2.33. The molecular weight excluding hydrogens is 503 g/mol. The van der Waals surface area contributed by atoms with E-state index in [4.69, 9.17) is 0 Å². The number of alkyl halides is 3. The number of hydrogen-bond acceptors (Lipinski definition) is 2. The quantitative estimate of drug-likeness (QED) is 0.242. The maximum absolute atomic E-state index is 13.2. The fraction of sp³-hybridized carbons (Fsp3) is 0.263. The van der Waals surface area contributed by atoms with E-state index in [1.165, 1.54) is 14.1 Å². The third kappa shape index (κ3) is 7.18. The molecule has 0 aromatic heterocycles. The van der Waals surface area contributed by atoms with Gasteiger partial charge in [-0.3, -0.25) is 9.79 Å². The average Bonchev–Trinajstić information content (AvgIpc) is 2.67. The van der Waals surface area contributed by atoms with Crippen LogP contribution in [0.1, 0.15) is 27.0 Å². The van der Waals surface area contributed by atoms with Gasteiger partial charge in [0.2, 0.25) is 0 Å². The van der Waals surface area contributed by atoms with Gasteiger partial charge in [-0.15, -0.1) is 24.0 Å². The van der Waals surface area contributed by atoms with Crippen molar-refractivity contribution in [3.63, 3.8) is 0 Å². The molecule has 0 atom stereocenters. The van der Waals surface area contributed by atoms with Gasteiger partial charge in [-0.2, -0.15) is 13.2 Å². The van der Waals surface area contributed by atoms with Crippen LogP contribution in [0.15, 0.2) is 47.5 Å². The molecule has 0 unspecified atom stereocenters. The number of carbonyl (C=O) groups is 1. The molecule has 2 aromatic rings. The number of halogens is 5. The first-order valence-corrected chi connectivity index (χ1v) is 8.35. The highest BCUT2D eigenvalue weighted by atomic mass is 127. The molecule has 3 N–H and O–H groups in total. The van der Waals surface area contributed by atoms with Crippen molar-refractivity contribution in [3.05, 3.63) is 70.5 Å². The Labute approximate surface area is 183 Å². The molecule has 0 saturated carbocycles. The topological polar surface area (TPSA) is 65.5 Å². The number of hydrogen-bond donors (Lipinski definition) is 3. The second kappa shape index (κ2) is 11.0. The van der Waals surface area contributed by atoms with Crippen LogP contribution in [0.3, 0.4) is 0 Å². The van der Waals surface area contributed by atoms with Crippen LogP contribution in [-0.2, 0) is 19.3 Å². The largest absolute Gasteiger partial charge is 0.416 e. The molecule has 2 rings (SSSR count). The maximum Gasteiger partial charge on any atom is 0.416 e. The lowest BCUT2D eigenvalue weighted by molar-refractivity contribution is -0.138. The molecule has 5 nitrogen and oxygen atoms in total. The van der Waals surface area contributed by atoms with E-state index < -0.39 is 17.6 Å². The fourth-order valence-electron chi connectivity index (χ4n) is 2.52. The van der Waals surface area contributed by atoms with Gasteiger partial charge in [0.25, 0.3) is 5.91 Å². The van der Waals surface area contributed by atoms with Gasteiger partial charge in [0, 0.05) is 32.7 Å². The van der Waals surface area contributed by atoms with Crippen LogP contribution in [0.25, 0.3) is 0 Å². The lowest BCUT2D eigenvalue weighted by atomic mass is 10.1. The van der Waals surface area contributed by atoms with E-state index in [0.29, 0.717) is 18.2 Å². The molecule has 0 aliphatic heterocycles. The minimum Gasteiger partial charge on any atom is -0.355 e. The zero-order valence-electron chi connectivity index (χ0n) is 15.7. The van der Waals surface area contributed by atoms with E-state index in [1.54, 1.807) is 24.3 Å². The highest BCUT2D eigenvalue weighted by molar-refractivity contribution is 14.0. The van der Waals surface area contributed by atoms with Gasteiger partial charge in [-0.25, -0.2) is 4.39 Å². The molecule has 29 heavy (non-hydrogen) atoms. The number of nitrogens with zero attached hydrogens (tertiary/aromatic N) is 1. The van der Waals surface area contributed by atoms with Crippen molar-refractivity contribution in [2.45, 2.75) is 19.3 Å². The minimum absolute atomic E-state index is 0. The molecule has 0 bridgehead atoms. The van der Waals surface area contributed by atoms with E-state index in [1.807, 2.05) is 0 Å². The average molecular weight is 524 g/mol. The lowest BCUT2D eigenvalue weighted by Crippen LogP contribution is -2.36. The molecule has 0 spiro atoms. The van der Waals surface area contributed by atoms with Crippen molar-refractivity contribution in [2.24, 2.45) is 4.99 Å². The molecule has 0 radical (unpaired) electrons. The van der Waals surface area contributed by atoms with Gasteiger partial charge in [0.05, 0.1) is 5.56 Å². The second-order valence-electron chi connectivity index (χ2n) is 5.86. The summed E-state index contributed by atoms with van der Waals surface area (Å²) in [7, 11) is 3.01. The summed E-state index contributed by atoms with van der Waals surface area (Å²) in [6.07, 6.45) is -4.66. The molecule has 0 aliphatic carbocycles. The monoisotopic (exact) mass is 524 g/mol. The summed E-state index contributed by atoms with van der Waals surface area (Å²) in [5, 5.41) is 8.27. The van der Waals surface area contributed by atoms with Gasteiger partial charge in [0.1, 0.15) is 5.82 Å².